The minimum Gasteiger partial charge on any atom is -0.360 e. The van der Waals surface area contributed by atoms with Gasteiger partial charge < -0.3 is 4.90 Å². The molecule has 0 unspecified atom stereocenters. The van der Waals surface area contributed by atoms with E-state index >= 15 is 0 Å². The van der Waals surface area contributed by atoms with Gasteiger partial charge in [-0.05, 0) is 18.2 Å². The molecule has 0 atom stereocenters. The first-order chi connectivity index (χ1) is 9.58. The average Bonchev–Trinajstić information content (AvgIpc) is 2.35. The highest BCUT2D eigenvalue weighted by atomic mass is 19.4. The zero-order chi connectivity index (χ0) is 16.3. The van der Waals surface area contributed by atoms with Gasteiger partial charge >= 0.3 is 12.4 Å². The summed E-state index contributed by atoms with van der Waals surface area (Å²) in [6, 6.07) is 3.42. The summed E-state index contributed by atoms with van der Waals surface area (Å²) in [6.45, 7) is -3.44. The van der Waals surface area contributed by atoms with Gasteiger partial charge in [0.05, 0.1) is 17.2 Å². The fraction of sp³-hybridized carbons (Fsp3) is 0.417. The van der Waals surface area contributed by atoms with Crippen molar-refractivity contribution in [3.05, 3.63) is 29.3 Å². The highest BCUT2D eigenvalue weighted by Gasteiger charge is 2.35. The molecule has 0 aliphatic heterocycles. The standard InChI is InChI=1S/C12H9F7N2/c13-3-4-21(7-11(14,15)16)9-2-1-8(6-20)10(5-9)12(17,18)19/h1-2,5H,3-4,7H2. The quantitative estimate of drug-likeness (QED) is 0.788. The van der Waals surface area contributed by atoms with Gasteiger partial charge in [0.15, 0.2) is 0 Å². The van der Waals surface area contributed by atoms with Gasteiger partial charge in [-0.2, -0.15) is 31.6 Å². The lowest BCUT2D eigenvalue weighted by Gasteiger charge is -2.25. The van der Waals surface area contributed by atoms with Crippen molar-refractivity contribution in [1.82, 2.24) is 0 Å². The minimum absolute atomic E-state index is 0.417. The second-order valence-corrected chi connectivity index (χ2v) is 4.07. The summed E-state index contributed by atoms with van der Waals surface area (Å²) in [5, 5.41) is 8.60. The third kappa shape index (κ3) is 4.81. The summed E-state index contributed by atoms with van der Waals surface area (Å²) < 4.78 is 87.6. The Balaban J connectivity index is 3.25. The predicted octanol–water partition coefficient (Wildman–Crippen LogP) is 3.92. The molecule has 0 aromatic heterocycles. The van der Waals surface area contributed by atoms with E-state index in [-0.39, 0.29) is 0 Å². The van der Waals surface area contributed by atoms with E-state index in [4.69, 9.17) is 5.26 Å². The van der Waals surface area contributed by atoms with Gasteiger partial charge in [-0.15, -0.1) is 0 Å². The van der Waals surface area contributed by atoms with Crippen LogP contribution in [0.3, 0.4) is 0 Å². The van der Waals surface area contributed by atoms with Gasteiger partial charge in [-0.1, -0.05) is 0 Å². The monoisotopic (exact) mass is 314 g/mol. The number of hydrogen-bond donors (Lipinski definition) is 0. The Hall–Kier alpha value is -1.98. The summed E-state index contributed by atoms with van der Waals surface area (Å²) in [6.07, 6.45) is -9.58. The van der Waals surface area contributed by atoms with Crippen LogP contribution in [0.4, 0.5) is 36.4 Å². The Morgan fingerprint density at radius 2 is 1.71 bits per heavy atom. The highest BCUT2D eigenvalue weighted by molar-refractivity contribution is 5.55. The van der Waals surface area contributed by atoms with E-state index in [1.807, 2.05) is 0 Å². The summed E-state index contributed by atoms with van der Waals surface area (Å²) in [5.74, 6) is 0. The van der Waals surface area contributed by atoms with Gasteiger partial charge in [-0.25, -0.2) is 4.39 Å². The van der Waals surface area contributed by atoms with Crippen molar-refractivity contribution in [2.24, 2.45) is 0 Å². The SMILES string of the molecule is N#Cc1ccc(N(CCF)CC(F)(F)F)cc1C(F)(F)F. The molecule has 0 fully saturated rings. The molecule has 0 spiro atoms. The first-order valence-electron chi connectivity index (χ1n) is 5.57. The number of nitriles is 1. The normalized spacial score (nSPS) is 12.1. The smallest absolute Gasteiger partial charge is 0.360 e. The van der Waals surface area contributed by atoms with Crippen molar-refractivity contribution in [2.75, 3.05) is 24.7 Å². The maximum absolute atomic E-state index is 12.7. The second kappa shape index (κ2) is 6.20. The minimum atomic E-state index is -4.89. The molecule has 0 saturated heterocycles. The van der Waals surface area contributed by atoms with Crippen LogP contribution >= 0.6 is 0 Å². The topological polar surface area (TPSA) is 27.0 Å². The number of halogens is 7. The number of benzene rings is 1. The Morgan fingerprint density at radius 3 is 2.14 bits per heavy atom. The molecule has 0 N–H and O–H groups in total. The zero-order valence-electron chi connectivity index (χ0n) is 10.4. The van der Waals surface area contributed by atoms with E-state index in [0.717, 1.165) is 12.1 Å². The number of nitrogens with zero attached hydrogens (tertiary/aromatic N) is 2. The summed E-state index contributed by atoms with van der Waals surface area (Å²) in [5.41, 5.74) is -2.51. The molecular formula is C12H9F7N2. The molecule has 1 aromatic rings. The second-order valence-electron chi connectivity index (χ2n) is 4.07. The van der Waals surface area contributed by atoms with Crippen LogP contribution in [0.1, 0.15) is 11.1 Å². The van der Waals surface area contributed by atoms with Crippen LogP contribution in [0.2, 0.25) is 0 Å². The molecule has 9 heteroatoms. The fourth-order valence-electron chi connectivity index (χ4n) is 1.68. The van der Waals surface area contributed by atoms with Gasteiger partial charge in [-0.3, -0.25) is 0 Å². The molecule has 0 aliphatic carbocycles. The molecular weight excluding hydrogens is 305 g/mol. The molecule has 2 nitrogen and oxygen atoms in total. The van der Waals surface area contributed by atoms with Crippen molar-refractivity contribution in [2.45, 2.75) is 12.4 Å². The van der Waals surface area contributed by atoms with Crippen molar-refractivity contribution in [3.63, 3.8) is 0 Å². The number of alkyl halides is 7. The van der Waals surface area contributed by atoms with Crippen LogP contribution < -0.4 is 4.90 Å². The third-order valence-corrected chi connectivity index (χ3v) is 2.52. The van der Waals surface area contributed by atoms with E-state index in [1.54, 1.807) is 0 Å². The van der Waals surface area contributed by atoms with Gasteiger partial charge in [0.25, 0.3) is 0 Å². The maximum Gasteiger partial charge on any atom is 0.417 e. The molecule has 116 valence electrons. The lowest BCUT2D eigenvalue weighted by atomic mass is 10.1. The molecule has 0 aliphatic rings. The van der Waals surface area contributed by atoms with E-state index < -0.39 is 48.9 Å². The molecule has 0 amide bonds. The molecule has 21 heavy (non-hydrogen) atoms. The van der Waals surface area contributed by atoms with Gasteiger partial charge in [0.1, 0.15) is 13.2 Å². The van der Waals surface area contributed by atoms with E-state index in [1.165, 1.54) is 6.07 Å². The zero-order valence-corrected chi connectivity index (χ0v) is 10.4. The van der Waals surface area contributed by atoms with Crippen LogP contribution in [0.15, 0.2) is 18.2 Å². The third-order valence-electron chi connectivity index (χ3n) is 2.52. The summed E-state index contributed by atoms with van der Waals surface area (Å²) in [7, 11) is 0. The molecule has 1 rings (SSSR count). The van der Waals surface area contributed by atoms with E-state index in [2.05, 4.69) is 0 Å². The van der Waals surface area contributed by atoms with Gasteiger partial charge in [0, 0.05) is 12.2 Å². The van der Waals surface area contributed by atoms with Crippen LogP contribution in [0, 0.1) is 11.3 Å². The Kier molecular flexibility index (Phi) is 5.04. The van der Waals surface area contributed by atoms with Crippen molar-refractivity contribution in [1.29, 1.82) is 5.26 Å². The van der Waals surface area contributed by atoms with E-state index in [0.29, 0.717) is 11.0 Å². The summed E-state index contributed by atoms with van der Waals surface area (Å²) in [4.78, 5) is 0.441. The number of rotatable bonds is 4. The van der Waals surface area contributed by atoms with E-state index in [9.17, 15) is 30.7 Å². The molecule has 1 aromatic carbocycles. The molecule has 0 radical (unpaired) electrons. The van der Waals surface area contributed by atoms with Crippen LogP contribution in [-0.4, -0.2) is 25.9 Å². The summed E-state index contributed by atoms with van der Waals surface area (Å²) >= 11 is 0. The maximum atomic E-state index is 12.7. The van der Waals surface area contributed by atoms with Crippen LogP contribution in [0.25, 0.3) is 0 Å². The highest BCUT2D eigenvalue weighted by Crippen LogP contribution is 2.35. The number of hydrogen-bond acceptors (Lipinski definition) is 2. The molecule has 0 heterocycles. The first-order valence-corrected chi connectivity index (χ1v) is 5.57. The van der Waals surface area contributed by atoms with Crippen LogP contribution in [0.5, 0.6) is 0 Å². The number of anilines is 1. The fourth-order valence-corrected chi connectivity index (χ4v) is 1.68. The largest absolute Gasteiger partial charge is 0.417 e. The lowest BCUT2D eigenvalue weighted by Crippen LogP contribution is -2.36. The first kappa shape index (κ1) is 17.1. The van der Waals surface area contributed by atoms with Crippen molar-refractivity contribution in [3.8, 4) is 6.07 Å². The van der Waals surface area contributed by atoms with Gasteiger partial charge in [0.2, 0.25) is 0 Å². The molecule has 0 saturated carbocycles. The lowest BCUT2D eigenvalue weighted by molar-refractivity contribution is -0.137. The Bertz CT molecular complexity index is 528. The van der Waals surface area contributed by atoms with Crippen LogP contribution in [-0.2, 0) is 6.18 Å². The van der Waals surface area contributed by atoms with Crippen molar-refractivity contribution < 1.29 is 30.7 Å². The Morgan fingerprint density at radius 1 is 1.10 bits per heavy atom. The van der Waals surface area contributed by atoms with Crippen molar-refractivity contribution >= 4 is 5.69 Å². The molecule has 0 bridgehead atoms. The predicted molar refractivity (Wildman–Crippen MR) is 60.4 cm³/mol. The average molecular weight is 314 g/mol. The Labute approximate surface area is 115 Å².